The molecule has 2 amide bonds. The minimum absolute atomic E-state index is 0.00760. The minimum Gasteiger partial charge on any atom is -0.383 e. The first-order chi connectivity index (χ1) is 14.1. The quantitative estimate of drug-likeness (QED) is 0.144. The molecule has 13 nitrogen and oxygen atoms in total. The number of hydrogen-bond donors (Lipinski definition) is 6. The topological polar surface area (TPSA) is 221 Å². The lowest BCUT2D eigenvalue weighted by atomic mass is 10.1. The molecule has 164 valence electrons. The lowest BCUT2D eigenvalue weighted by Crippen LogP contribution is -2.53. The molecule has 0 aliphatic carbocycles. The van der Waals surface area contributed by atoms with Crippen LogP contribution in [0.3, 0.4) is 0 Å². The van der Waals surface area contributed by atoms with Gasteiger partial charge < -0.3 is 37.9 Å². The number of primary amides is 1. The maximum Gasteiger partial charge on any atom is 0.351 e. The SMILES string of the molecule is CN(CC[C@H](N)CC(=O)N[C@H]1C=C[C@H](n2ccc(N)nc2=O)O[C@@H]1C(N)=O)C(=N)N. The van der Waals surface area contributed by atoms with E-state index in [1.54, 1.807) is 7.05 Å². The van der Waals surface area contributed by atoms with E-state index in [0.717, 1.165) is 4.57 Å². The number of hydrogen-bond acceptors (Lipinski definition) is 8. The summed E-state index contributed by atoms with van der Waals surface area (Å²) in [5.41, 5.74) is 21.5. The lowest BCUT2D eigenvalue weighted by molar-refractivity contribution is -0.139. The highest BCUT2D eigenvalue weighted by Gasteiger charge is 2.33. The molecule has 13 heteroatoms. The van der Waals surface area contributed by atoms with Gasteiger partial charge in [0.25, 0.3) is 0 Å². The highest BCUT2D eigenvalue weighted by Crippen LogP contribution is 2.20. The van der Waals surface area contributed by atoms with Crippen LogP contribution in [0.15, 0.2) is 29.2 Å². The van der Waals surface area contributed by atoms with Gasteiger partial charge in [-0.3, -0.25) is 19.6 Å². The van der Waals surface area contributed by atoms with Crippen LogP contribution in [-0.4, -0.2) is 64.0 Å². The van der Waals surface area contributed by atoms with Crippen LogP contribution in [0.2, 0.25) is 0 Å². The molecule has 0 unspecified atom stereocenters. The minimum atomic E-state index is -1.20. The molecule has 1 aliphatic rings. The van der Waals surface area contributed by atoms with Crippen LogP contribution in [0, 0.1) is 5.41 Å². The molecule has 0 saturated carbocycles. The van der Waals surface area contributed by atoms with Crippen molar-refractivity contribution in [2.45, 2.75) is 37.3 Å². The molecule has 0 fully saturated rings. The summed E-state index contributed by atoms with van der Waals surface area (Å²) >= 11 is 0. The highest BCUT2D eigenvalue weighted by molar-refractivity contribution is 5.83. The molecule has 0 aromatic carbocycles. The molecule has 1 aromatic rings. The van der Waals surface area contributed by atoms with Crippen LogP contribution in [0.25, 0.3) is 0 Å². The van der Waals surface area contributed by atoms with Crippen molar-refractivity contribution in [3.63, 3.8) is 0 Å². The molecule has 4 atom stereocenters. The summed E-state index contributed by atoms with van der Waals surface area (Å²) in [6.45, 7) is 0.423. The van der Waals surface area contributed by atoms with E-state index in [0.29, 0.717) is 13.0 Å². The van der Waals surface area contributed by atoms with Gasteiger partial charge in [-0.2, -0.15) is 4.98 Å². The summed E-state index contributed by atoms with van der Waals surface area (Å²) in [6.07, 6.45) is 2.72. The number of aromatic nitrogens is 2. The zero-order valence-electron chi connectivity index (χ0n) is 16.5. The Bertz CT molecular complexity index is 884. The first-order valence-electron chi connectivity index (χ1n) is 9.16. The normalized spacial score (nSPS) is 21.6. The van der Waals surface area contributed by atoms with Gasteiger partial charge >= 0.3 is 5.69 Å². The van der Waals surface area contributed by atoms with Crippen LogP contribution >= 0.6 is 0 Å². The van der Waals surface area contributed by atoms with Gasteiger partial charge in [-0.15, -0.1) is 0 Å². The Morgan fingerprint density at radius 3 is 2.70 bits per heavy atom. The number of carbonyl (C=O) groups excluding carboxylic acids is 2. The Hall–Kier alpha value is -3.45. The third kappa shape index (κ3) is 6.02. The molecule has 0 saturated heterocycles. The van der Waals surface area contributed by atoms with E-state index in [1.165, 1.54) is 29.3 Å². The summed E-state index contributed by atoms with van der Waals surface area (Å²) in [4.78, 5) is 41.3. The Morgan fingerprint density at radius 2 is 2.10 bits per heavy atom. The van der Waals surface area contributed by atoms with E-state index in [4.69, 9.17) is 33.1 Å². The second kappa shape index (κ2) is 9.84. The van der Waals surface area contributed by atoms with Gasteiger partial charge in [0.05, 0.1) is 6.04 Å². The van der Waals surface area contributed by atoms with E-state index >= 15 is 0 Å². The van der Waals surface area contributed by atoms with E-state index in [2.05, 4.69) is 10.3 Å². The second-order valence-corrected chi connectivity index (χ2v) is 6.93. The third-order valence-corrected chi connectivity index (χ3v) is 4.52. The van der Waals surface area contributed by atoms with E-state index in [1.807, 2.05) is 0 Å². The van der Waals surface area contributed by atoms with Gasteiger partial charge in [-0.1, -0.05) is 6.08 Å². The van der Waals surface area contributed by atoms with Crippen LogP contribution in [0.5, 0.6) is 0 Å². The maximum absolute atomic E-state index is 12.3. The molecule has 30 heavy (non-hydrogen) atoms. The van der Waals surface area contributed by atoms with Crippen molar-refractivity contribution in [2.75, 3.05) is 19.3 Å². The standard InChI is InChI=1S/C17H27N9O4/c1-25(16(21)22)6-4-9(18)8-12(27)23-10-2-3-13(30-14(10)15(20)28)26-7-5-11(19)24-17(26)29/h2-3,5,7,9-10,13-14H,4,6,8,18H2,1H3,(H2,20,28)(H3,21,22)(H,23,27)(H2,19,24,29)/t9-,10-,13+,14-/m0/s1. The summed E-state index contributed by atoms with van der Waals surface area (Å²) < 4.78 is 6.75. The van der Waals surface area contributed by atoms with Crippen molar-refractivity contribution in [3.05, 3.63) is 34.9 Å². The molecular formula is C17H27N9O4. The molecule has 0 spiro atoms. The number of nitrogens with one attached hydrogen (secondary N) is 2. The van der Waals surface area contributed by atoms with Crippen molar-refractivity contribution in [1.29, 1.82) is 5.41 Å². The van der Waals surface area contributed by atoms with Gasteiger partial charge in [-0.25, -0.2) is 4.79 Å². The third-order valence-electron chi connectivity index (χ3n) is 4.52. The number of guanidine groups is 1. The molecule has 10 N–H and O–H groups in total. The van der Waals surface area contributed by atoms with Gasteiger partial charge in [0.2, 0.25) is 11.8 Å². The number of anilines is 1. The lowest BCUT2D eigenvalue weighted by Gasteiger charge is -2.31. The number of nitrogens with zero attached hydrogens (tertiary/aromatic N) is 3. The van der Waals surface area contributed by atoms with Gasteiger partial charge in [0, 0.05) is 32.3 Å². The Kier molecular flexibility index (Phi) is 7.49. The molecule has 0 radical (unpaired) electrons. The smallest absolute Gasteiger partial charge is 0.351 e. The number of amides is 2. The van der Waals surface area contributed by atoms with E-state index in [-0.39, 0.29) is 18.2 Å². The average molecular weight is 421 g/mol. The van der Waals surface area contributed by atoms with Crippen LogP contribution in [0.1, 0.15) is 19.1 Å². The number of rotatable bonds is 8. The van der Waals surface area contributed by atoms with Gasteiger partial charge in [0.1, 0.15) is 5.82 Å². The molecule has 2 heterocycles. The summed E-state index contributed by atoms with van der Waals surface area (Å²) in [5, 5.41) is 9.96. The molecule has 0 bridgehead atoms. The Morgan fingerprint density at radius 1 is 1.40 bits per heavy atom. The zero-order valence-corrected chi connectivity index (χ0v) is 16.5. The molecule has 2 rings (SSSR count). The summed E-state index contributed by atoms with van der Waals surface area (Å²) in [6, 6.07) is 0.117. The molecule has 1 aromatic heterocycles. The fourth-order valence-corrected chi connectivity index (χ4v) is 2.81. The van der Waals surface area contributed by atoms with Crippen molar-refractivity contribution in [3.8, 4) is 0 Å². The predicted octanol–water partition coefficient (Wildman–Crippen LogP) is -2.82. The molecule has 1 aliphatic heterocycles. The Labute approximate surface area is 172 Å². The van der Waals surface area contributed by atoms with Crippen molar-refractivity contribution < 1.29 is 14.3 Å². The van der Waals surface area contributed by atoms with E-state index < -0.39 is 41.9 Å². The number of nitrogen functional groups attached to an aromatic ring is 1. The van der Waals surface area contributed by atoms with Crippen LogP contribution in [0.4, 0.5) is 5.82 Å². The zero-order chi connectivity index (χ0) is 22.4. The van der Waals surface area contributed by atoms with Crippen LogP contribution < -0.4 is 33.9 Å². The maximum atomic E-state index is 12.3. The fraction of sp³-hybridized carbons (Fsp3) is 0.471. The van der Waals surface area contributed by atoms with Crippen molar-refractivity contribution >= 4 is 23.6 Å². The van der Waals surface area contributed by atoms with Gasteiger partial charge in [-0.05, 0) is 18.6 Å². The second-order valence-electron chi connectivity index (χ2n) is 6.93. The summed E-state index contributed by atoms with van der Waals surface area (Å²) in [7, 11) is 1.65. The largest absolute Gasteiger partial charge is 0.383 e. The monoisotopic (exact) mass is 421 g/mol. The van der Waals surface area contributed by atoms with Crippen LogP contribution in [-0.2, 0) is 14.3 Å². The average Bonchev–Trinajstić information content (AvgIpc) is 2.66. The summed E-state index contributed by atoms with van der Waals surface area (Å²) in [5.74, 6) is -1.25. The first kappa shape index (κ1) is 22.8. The molecular weight excluding hydrogens is 394 g/mol. The Balaban J connectivity index is 2.01. The number of carbonyl (C=O) groups is 2. The predicted molar refractivity (Wildman–Crippen MR) is 109 cm³/mol. The van der Waals surface area contributed by atoms with Crippen molar-refractivity contribution in [1.82, 2.24) is 19.8 Å². The number of nitrogens with two attached hydrogens (primary N) is 4. The van der Waals surface area contributed by atoms with E-state index in [9.17, 15) is 14.4 Å². The first-order valence-corrected chi connectivity index (χ1v) is 9.16. The number of ether oxygens (including phenoxy) is 1. The van der Waals surface area contributed by atoms with Gasteiger partial charge in [0.15, 0.2) is 18.3 Å². The van der Waals surface area contributed by atoms with Crippen molar-refractivity contribution in [2.24, 2.45) is 17.2 Å². The highest BCUT2D eigenvalue weighted by atomic mass is 16.5. The fourth-order valence-electron chi connectivity index (χ4n) is 2.81.